The topological polar surface area (TPSA) is 74.5 Å². The molecule has 0 saturated heterocycles. The van der Waals surface area contributed by atoms with E-state index in [2.05, 4.69) is 33.1 Å². The quantitative estimate of drug-likeness (QED) is 0.855. The molecule has 0 atom stereocenters. The second-order valence-corrected chi connectivity index (χ2v) is 6.25. The molecule has 2 aromatic rings. The zero-order valence-electron chi connectivity index (χ0n) is 11.2. The molecule has 0 fully saturated rings. The number of rotatable bonds is 5. The monoisotopic (exact) mass is 303 g/mol. The first kappa shape index (κ1) is 14.5. The van der Waals surface area contributed by atoms with Gasteiger partial charge in [-0.1, -0.05) is 29.2 Å². The minimum atomic E-state index is 0.594. The Morgan fingerprint density at radius 2 is 2.30 bits per heavy atom. The summed E-state index contributed by atoms with van der Waals surface area (Å²) in [5, 5.41) is 21.2. The normalized spacial score (nSPS) is 10.1. The number of hydrogen-bond donors (Lipinski definition) is 1. The molecule has 2 heterocycles. The van der Waals surface area contributed by atoms with Crippen molar-refractivity contribution in [3.05, 3.63) is 35.7 Å². The number of aryl methyl sites for hydroxylation is 2. The lowest BCUT2D eigenvalue weighted by Gasteiger charge is -2.05. The molecule has 102 valence electrons. The summed E-state index contributed by atoms with van der Waals surface area (Å²) in [6, 6.07) is 4.09. The Morgan fingerprint density at radius 3 is 3.00 bits per heavy atom. The first-order valence-corrected chi connectivity index (χ1v) is 7.51. The van der Waals surface area contributed by atoms with E-state index in [1.54, 1.807) is 6.08 Å². The summed E-state index contributed by atoms with van der Waals surface area (Å²) >= 11 is 2.89. The average molecular weight is 303 g/mol. The number of nitrogens with one attached hydrogen (secondary N) is 1. The molecule has 1 N–H and O–H groups in total. The van der Waals surface area contributed by atoms with Gasteiger partial charge in [-0.05, 0) is 19.9 Å². The SMILES string of the molecule is C=CCNc1nnc(Sc2cc(C)nc(C)c2C#N)s1. The van der Waals surface area contributed by atoms with Crippen LogP contribution < -0.4 is 5.32 Å². The van der Waals surface area contributed by atoms with E-state index in [-0.39, 0.29) is 0 Å². The van der Waals surface area contributed by atoms with Gasteiger partial charge in [0, 0.05) is 17.1 Å². The Kier molecular flexibility index (Phi) is 4.71. The first-order chi connectivity index (χ1) is 9.63. The van der Waals surface area contributed by atoms with Gasteiger partial charge in [0.25, 0.3) is 0 Å². The van der Waals surface area contributed by atoms with Crippen molar-refractivity contribution in [2.45, 2.75) is 23.1 Å². The van der Waals surface area contributed by atoms with Crippen LogP contribution in [0.15, 0.2) is 28.0 Å². The summed E-state index contributed by atoms with van der Waals surface area (Å²) < 4.78 is 0.790. The maximum Gasteiger partial charge on any atom is 0.206 e. The van der Waals surface area contributed by atoms with Crippen molar-refractivity contribution in [3.63, 3.8) is 0 Å². The van der Waals surface area contributed by atoms with Gasteiger partial charge in [-0.3, -0.25) is 4.98 Å². The highest BCUT2D eigenvalue weighted by molar-refractivity contribution is 8.01. The van der Waals surface area contributed by atoms with E-state index in [1.807, 2.05) is 19.9 Å². The Labute approximate surface area is 125 Å². The van der Waals surface area contributed by atoms with Gasteiger partial charge in [0.05, 0.1) is 11.3 Å². The maximum atomic E-state index is 9.23. The highest BCUT2D eigenvalue weighted by Gasteiger charge is 2.12. The van der Waals surface area contributed by atoms with Gasteiger partial charge in [-0.15, -0.1) is 16.8 Å². The van der Waals surface area contributed by atoms with E-state index in [4.69, 9.17) is 0 Å². The molecule has 2 aromatic heterocycles. The molecule has 0 aliphatic heterocycles. The zero-order valence-corrected chi connectivity index (χ0v) is 12.8. The van der Waals surface area contributed by atoms with E-state index in [9.17, 15) is 5.26 Å². The number of pyridine rings is 1. The fourth-order valence-electron chi connectivity index (χ4n) is 1.59. The van der Waals surface area contributed by atoms with Crippen LogP contribution in [0.1, 0.15) is 17.0 Å². The van der Waals surface area contributed by atoms with Crippen molar-refractivity contribution in [1.82, 2.24) is 15.2 Å². The zero-order chi connectivity index (χ0) is 14.5. The molecule has 0 saturated carbocycles. The van der Waals surface area contributed by atoms with E-state index in [0.29, 0.717) is 12.1 Å². The Bertz CT molecular complexity index is 672. The summed E-state index contributed by atoms with van der Waals surface area (Å²) in [4.78, 5) is 5.17. The van der Waals surface area contributed by atoms with Crippen molar-refractivity contribution in [3.8, 4) is 6.07 Å². The van der Waals surface area contributed by atoms with Crippen LogP contribution in [-0.2, 0) is 0 Å². The van der Waals surface area contributed by atoms with Gasteiger partial charge in [-0.25, -0.2) is 0 Å². The van der Waals surface area contributed by atoms with Crippen LogP contribution in [0.2, 0.25) is 0 Å². The molecular formula is C13H13N5S2. The van der Waals surface area contributed by atoms with Crippen LogP contribution in [0.3, 0.4) is 0 Å². The van der Waals surface area contributed by atoms with Gasteiger partial charge in [0.15, 0.2) is 4.34 Å². The lowest BCUT2D eigenvalue weighted by molar-refractivity contribution is 1.00. The standard InChI is InChI=1S/C13H13N5S2/c1-4-5-15-12-17-18-13(20-12)19-11-6-8(2)16-9(3)10(11)7-14/h4,6H,1,5H2,2-3H3,(H,15,17). The van der Waals surface area contributed by atoms with Gasteiger partial charge in [0.1, 0.15) is 6.07 Å². The molecule has 20 heavy (non-hydrogen) atoms. The minimum Gasteiger partial charge on any atom is -0.357 e. The molecular weight excluding hydrogens is 290 g/mol. The van der Waals surface area contributed by atoms with Crippen molar-refractivity contribution < 1.29 is 0 Å². The Balaban J connectivity index is 2.24. The second kappa shape index (κ2) is 6.50. The Hall–Kier alpha value is -1.91. The first-order valence-electron chi connectivity index (χ1n) is 5.88. The summed E-state index contributed by atoms with van der Waals surface area (Å²) in [6.45, 7) is 8.04. The third kappa shape index (κ3) is 3.35. The average Bonchev–Trinajstić information content (AvgIpc) is 2.83. The fraction of sp³-hybridized carbons (Fsp3) is 0.231. The lowest BCUT2D eigenvalue weighted by Crippen LogP contribution is -1.96. The van der Waals surface area contributed by atoms with Crippen molar-refractivity contribution >= 4 is 28.2 Å². The summed E-state index contributed by atoms with van der Waals surface area (Å²) in [5.41, 5.74) is 2.22. The van der Waals surface area contributed by atoms with Crippen LogP contribution in [0.5, 0.6) is 0 Å². The number of nitriles is 1. The van der Waals surface area contributed by atoms with E-state index >= 15 is 0 Å². The summed E-state index contributed by atoms with van der Waals surface area (Å²) in [6.07, 6.45) is 1.76. The third-order valence-electron chi connectivity index (χ3n) is 2.41. The van der Waals surface area contributed by atoms with Crippen LogP contribution in [0.25, 0.3) is 0 Å². The summed E-state index contributed by atoms with van der Waals surface area (Å²) in [5.74, 6) is 0. The molecule has 0 bridgehead atoms. The molecule has 7 heteroatoms. The second-order valence-electron chi connectivity index (χ2n) is 3.98. The smallest absolute Gasteiger partial charge is 0.206 e. The lowest BCUT2D eigenvalue weighted by atomic mass is 10.2. The van der Waals surface area contributed by atoms with E-state index in [0.717, 1.165) is 25.8 Å². The molecule has 0 spiro atoms. The van der Waals surface area contributed by atoms with Crippen LogP contribution >= 0.6 is 23.1 Å². The molecule has 0 aromatic carbocycles. The molecule has 0 unspecified atom stereocenters. The predicted molar refractivity (Wildman–Crippen MR) is 81.1 cm³/mol. The molecule has 0 radical (unpaired) electrons. The molecule has 0 aliphatic carbocycles. The number of aromatic nitrogens is 3. The fourth-order valence-corrected chi connectivity index (χ4v) is 3.54. The van der Waals surface area contributed by atoms with Gasteiger partial charge in [0.2, 0.25) is 5.13 Å². The van der Waals surface area contributed by atoms with Crippen LogP contribution in [0, 0.1) is 25.2 Å². The van der Waals surface area contributed by atoms with E-state index in [1.165, 1.54) is 23.1 Å². The summed E-state index contributed by atoms with van der Waals surface area (Å²) in [7, 11) is 0. The number of hydrogen-bond acceptors (Lipinski definition) is 7. The number of nitrogens with zero attached hydrogens (tertiary/aromatic N) is 4. The van der Waals surface area contributed by atoms with Crippen molar-refractivity contribution in [2.24, 2.45) is 0 Å². The predicted octanol–water partition coefficient (Wildman–Crippen LogP) is 3.17. The van der Waals surface area contributed by atoms with Crippen LogP contribution in [-0.4, -0.2) is 21.7 Å². The van der Waals surface area contributed by atoms with Crippen LogP contribution in [0.4, 0.5) is 5.13 Å². The minimum absolute atomic E-state index is 0.594. The van der Waals surface area contributed by atoms with E-state index < -0.39 is 0 Å². The highest BCUT2D eigenvalue weighted by Crippen LogP contribution is 2.34. The molecule has 5 nitrogen and oxygen atoms in total. The number of anilines is 1. The van der Waals surface area contributed by atoms with Gasteiger partial charge in [-0.2, -0.15) is 5.26 Å². The van der Waals surface area contributed by atoms with Gasteiger partial charge >= 0.3 is 0 Å². The third-order valence-corrected chi connectivity index (χ3v) is 4.38. The van der Waals surface area contributed by atoms with Crippen molar-refractivity contribution in [1.29, 1.82) is 5.26 Å². The molecule has 0 aliphatic rings. The Morgan fingerprint density at radius 1 is 1.50 bits per heavy atom. The van der Waals surface area contributed by atoms with Gasteiger partial charge < -0.3 is 5.32 Å². The highest BCUT2D eigenvalue weighted by atomic mass is 32.2. The van der Waals surface area contributed by atoms with Crippen molar-refractivity contribution in [2.75, 3.05) is 11.9 Å². The molecule has 2 rings (SSSR count). The maximum absolute atomic E-state index is 9.23. The molecule has 0 amide bonds. The largest absolute Gasteiger partial charge is 0.357 e.